The summed E-state index contributed by atoms with van der Waals surface area (Å²) < 4.78 is 11.1. The molecule has 3 aromatic rings. The molecule has 0 aliphatic heterocycles. The lowest BCUT2D eigenvalue weighted by molar-refractivity contribution is -0.116. The summed E-state index contributed by atoms with van der Waals surface area (Å²) in [5.41, 5.74) is 3.02. The largest absolute Gasteiger partial charge is 0.497 e. The van der Waals surface area contributed by atoms with Crippen LogP contribution in [0.15, 0.2) is 52.2 Å². The fraction of sp³-hybridized carbons (Fsp3) is 0.227. The van der Waals surface area contributed by atoms with Crippen molar-refractivity contribution in [3.63, 3.8) is 0 Å². The second kappa shape index (κ2) is 10.8. The molecular weight excluding hydrogens is 434 g/mol. The van der Waals surface area contributed by atoms with Gasteiger partial charge < -0.3 is 20.1 Å². The Hall–Kier alpha value is -3.04. The number of aromatic nitrogens is 1. The molecule has 9 heteroatoms. The molecule has 0 saturated heterocycles. The van der Waals surface area contributed by atoms with E-state index in [1.807, 2.05) is 30.5 Å². The summed E-state index contributed by atoms with van der Waals surface area (Å²) in [5.74, 6) is 1.26. The van der Waals surface area contributed by atoms with E-state index in [9.17, 15) is 9.59 Å². The summed E-state index contributed by atoms with van der Waals surface area (Å²) >= 11 is 2.75. The van der Waals surface area contributed by atoms with Crippen molar-refractivity contribution < 1.29 is 19.1 Å². The van der Waals surface area contributed by atoms with Crippen molar-refractivity contribution in [2.45, 2.75) is 17.7 Å². The van der Waals surface area contributed by atoms with E-state index in [4.69, 9.17) is 9.47 Å². The Labute approximate surface area is 189 Å². The highest BCUT2D eigenvalue weighted by Gasteiger charge is 2.12. The molecule has 2 aromatic carbocycles. The first kappa shape index (κ1) is 22.6. The number of hydrogen-bond acceptors (Lipinski definition) is 7. The lowest BCUT2D eigenvalue weighted by Crippen LogP contribution is -2.15. The smallest absolute Gasteiger partial charge is 0.234 e. The van der Waals surface area contributed by atoms with Gasteiger partial charge >= 0.3 is 0 Å². The molecule has 1 aromatic heterocycles. The number of thiazole rings is 1. The topological polar surface area (TPSA) is 89.5 Å². The third kappa shape index (κ3) is 6.73. The summed E-state index contributed by atoms with van der Waals surface area (Å²) in [5, 5.41) is 7.53. The number of benzene rings is 2. The highest BCUT2D eigenvalue weighted by atomic mass is 32.2. The lowest BCUT2D eigenvalue weighted by atomic mass is 10.2. The number of nitrogens with one attached hydrogen (secondary N) is 2. The number of carbonyl (C=O) groups is 2. The van der Waals surface area contributed by atoms with Crippen LogP contribution in [-0.2, 0) is 16.0 Å². The monoisotopic (exact) mass is 457 g/mol. The molecule has 1 heterocycles. The van der Waals surface area contributed by atoms with Gasteiger partial charge in [0.1, 0.15) is 11.5 Å². The summed E-state index contributed by atoms with van der Waals surface area (Å²) in [7, 11) is 3.16. The standard InChI is InChI=1S/C22H23N3O4S2/c1-14-4-9-19(29-3)18(10-14)25-20(26)11-16-12-30-22(24-16)31-13-21(27)23-15-5-7-17(28-2)8-6-15/h4-10,12H,11,13H2,1-3H3,(H,23,27)(H,25,26). The first-order valence-electron chi connectivity index (χ1n) is 9.42. The molecule has 0 saturated carbocycles. The molecule has 0 fully saturated rings. The molecule has 0 aliphatic rings. The van der Waals surface area contributed by atoms with Gasteiger partial charge in [0.15, 0.2) is 4.34 Å². The molecule has 2 amide bonds. The van der Waals surface area contributed by atoms with Crippen molar-refractivity contribution in [3.8, 4) is 11.5 Å². The van der Waals surface area contributed by atoms with Crippen molar-refractivity contribution in [3.05, 3.63) is 59.1 Å². The molecule has 0 radical (unpaired) electrons. The quantitative estimate of drug-likeness (QED) is 0.464. The van der Waals surface area contributed by atoms with Crippen LogP contribution in [0.2, 0.25) is 0 Å². The van der Waals surface area contributed by atoms with Crippen LogP contribution >= 0.6 is 23.1 Å². The van der Waals surface area contributed by atoms with Crippen molar-refractivity contribution in [2.24, 2.45) is 0 Å². The predicted molar refractivity (Wildman–Crippen MR) is 125 cm³/mol. The molecule has 0 bridgehead atoms. The molecule has 0 unspecified atom stereocenters. The minimum absolute atomic E-state index is 0.129. The lowest BCUT2D eigenvalue weighted by Gasteiger charge is -2.10. The van der Waals surface area contributed by atoms with E-state index in [1.165, 1.54) is 23.1 Å². The summed E-state index contributed by atoms with van der Waals surface area (Å²) in [6, 6.07) is 12.7. The Bertz CT molecular complexity index is 1050. The second-order valence-electron chi connectivity index (χ2n) is 6.60. The van der Waals surface area contributed by atoms with E-state index < -0.39 is 0 Å². The average Bonchev–Trinajstić information content (AvgIpc) is 3.20. The van der Waals surface area contributed by atoms with Crippen LogP contribution in [0.25, 0.3) is 0 Å². The Morgan fingerprint density at radius 1 is 1.03 bits per heavy atom. The summed E-state index contributed by atoms with van der Waals surface area (Å²) in [6.07, 6.45) is 0.145. The van der Waals surface area contributed by atoms with Crippen LogP contribution in [0, 0.1) is 6.92 Å². The number of methoxy groups -OCH3 is 2. The van der Waals surface area contributed by atoms with E-state index in [2.05, 4.69) is 15.6 Å². The zero-order valence-electron chi connectivity index (χ0n) is 17.4. The molecule has 0 aliphatic carbocycles. The number of amides is 2. The van der Waals surface area contributed by atoms with Gasteiger partial charge in [0.25, 0.3) is 0 Å². The van der Waals surface area contributed by atoms with E-state index >= 15 is 0 Å². The maximum Gasteiger partial charge on any atom is 0.234 e. The minimum atomic E-state index is -0.178. The van der Waals surface area contributed by atoms with Gasteiger partial charge in [0.2, 0.25) is 11.8 Å². The maximum atomic E-state index is 12.4. The highest BCUT2D eigenvalue weighted by Crippen LogP contribution is 2.26. The predicted octanol–water partition coefficient (Wildman–Crippen LogP) is 4.38. The number of thioether (sulfide) groups is 1. The van der Waals surface area contributed by atoms with Gasteiger partial charge in [0, 0.05) is 11.1 Å². The zero-order valence-corrected chi connectivity index (χ0v) is 19.1. The Morgan fingerprint density at radius 3 is 2.52 bits per heavy atom. The highest BCUT2D eigenvalue weighted by molar-refractivity contribution is 8.01. The average molecular weight is 458 g/mol. The molecule has 3 rings (SSSR count). The number of ether oxygens (including phenoxy) is 2. The fourth-order valence-electron chi connectivity index (χ4n) is 2.71. The third-order valence-corrected chi connectivity index (χ3v) is 6.27. The number of carbonyl (C=O) groups excluding carboxylic acids is 2. The zero-order chi connectivity index (χ0) is 22.2. The van der Waals surface area contributed by atoms with Gasteiger partial charge in [0.05, 0.1) is 37.8 Å². The van der Waals surface area contributed by atoms with Crippen molar-refractivity contribution in [1.82, 2.24) is 4.98 Å². The summed E-state index contributed by atoms with van der Waals surface area (Å²) in [4.78, 5) is 29.0. The van der Waals surface area contributed by atoms with E-state index in [-0.39, 0.29) is 24.0 Å². The molecule has 2 N–H and O–H groups in total. The van der Waals surface area contributed by atoms with Crippen molar-refractivity contribution >= 4 is 46.3 Å². The Kier molecular flexibility index (Phi) is 7.91. The van der Waals surface area contributed by atoms with Gasteiger partial charge in [-0.15, -0.1) is 11.3 Å². The van der Waals surface area contributed by atoms with E-state index in [0.717, 1.165) is 15.7 Å². The SMILES string of the molecule is COc1ccc(NC(=O)CSc2nc(CC(=O)Nc3cc(C)ccc3OC)cs2)cc1. The number of aryl methyl sites for hydroxylation is 1. The van der Waals surface area contributed by atoms with Crippen LogP contribution in [0.1, 0.15) is 11.3 Å². The Balaban J connectivity index is 1.49. The molecule has 7 nitrogen and oxygen atoms in total. The van der Waals surface area contributed by atoms with Crippen LogP contribution in [0.4, 0.5) is 11.4 Å². The minimum Gasteiger partial charge on any atom is -0.497 e. The first-order chi connectivity index (χ1) is 15.0. The molecule has 0 spiro atoms. The number of hydrogen-bond donors (Lipinski definition) is 2. The van der Waals surface area contributed by atoms with Crippen LogP contribution in [0.5, 0.6) is 11.5 Å². The number of rotatable bonds is 9. The van der Waals surface area contributed by atoms with E-state index in [0.29, 0.717) is 22.8 Å². The van der Waals surface area contributed by atoms with E-state index in [1.54, 1.807) is 38.5 Å². The normalized spacial score (nSPS) is 10.4. The van der Waals surface area contributed by atoms with Crippen LogP contribution in [0.3, 0.4) is 0 Å². The second-order valence-corrected chi connectivity index (χ2v) is 8.68. The molecule has 162 valence electrons. The number of anilines is 2. The van der Waals surface area contributed by atoms with Crippen LogP contribution in [-0.4, -0.2) is 36.8 Å². The van der Waals surface area contributed by atoms with Crippen LogP contribution < -0.4 is 20.1 Å². The van der Waals surface area contributed by atoms with Gasteiger partial charge in [-0.25, -0.2) is 4.98 Å². The van der Waals surface area contributed by atoms with Gasteiger partial charge in [-0.2, -0.15) is 0 Å². The van der Waals surface area contributed by atoms with Crippen molar-refractivity contribution in [2.75, 3.05) is 30.6 Å². The first-order valence-corrected chi connectivity index (χ1v) is 11.3. The number of nitrogens with zero attached hydrogens (tertiary/aromatic N) is 1. The molecule has 0 atom stereocenters. The summed E-state index contributed by atoms with van der Waals surface area (Å²) in [6.45, 7) is 1.95. The molecular formula is C22H23N3O4S2. The fourth-order valence-corrected chi connectivity index (χ4v) is 4.36. The third-order valence-electron chi connectivity index (χ3n) is 4.20. The van der Waals surface area contributed by atoms with Gasteiger partial charge in [-0.3, -0.25) is 9.59 Å². The molecule has 31 heavy (non-hydrogen) atoms. The maximum absolute atomic E-state index is 12.4. The van der Waals surface area contributed by atoms with Gasteiger partial charge in [-0.1, -0.05) is 17.8 Å². The van der Waals surface area contributed by atoms with Crippen molar-refractivity contribution in [1.29, 1.82) is 0 Å². The van der Waals surface area contributed by atoms with Gasteiger partial charge in [-0.05, 0) is 48.9 Å². The Morgan fingerprint density at radius 2 is 1.81 bits per heavy atom.